The van der Waals surface area contributed by atoms with Gasteiger partial charge in [-0.3, -0.25) is 0 Å². The van der Waals surface area contributed by atoms with Crippen LogP contribution in [0.25, 0.3) is 0 Å². The van der Waals surface area contributed by atoms with Crippen LogP contribution in [0.3, 0.4) is 0 Å². The van der Waals surface area contributed by atoms with Gasteiger partial charge in [0, 0.05) is 12.0 Å². The normalized spacial score (nSPS) is 15.1. The molecule has 0 aliphatic rings. The van der Waals surface area contributed by atoms with Crippen LogP contribution in [0, 0.1) is 5.92 Å². The highest BCUT2D eigenvalue weighted by molar-refractivity contribution is 5.81. The van der Waals surface area contributed by atoms with Gasteiger partial charge in [0.15, 0.2) is 0 Å². The number of rotatable bonds is 4. The quantitative estimate of drug-likeness (QED) is 0.606. The van der Waals surface area contributed by atoms with E-state index in [0.29, 0.717) is 5.76 Å². The van der Waals surface area contributed by atoms with E-state index in [1.54, 1.807) is 25.1 Å². The molecule has 0 saturated carbocycles. The summed E-state index contributed by atoms with van der Waals surface area (Å²) in [6, 6.07) is 3.39. The summed E-state index contributed by atoms with van der Waals surface area (Å²) in [4.78, 5) is 10.8. The average molecular weight is 210 g/mol. The van der Waals surface area contributed by atoms with E-state index < -0.39 is 12.1 Å². The molecule has 1 heterocycles. The fourth-order valence-electron chi connectivity index (χ4n) is 1.12. The van der Waals surface area contributed by atoms with Gasteiger partial charge < -0.3 is 14.3 Å². The Balaban J connectivity index is 2.57. The number of furan rings is 1. The molecule has 2 atom stereocenters. The lowest BCUT2D eigenvalue weighted by Gasteiger charge is -2.12. The zero-order chi connectivity index (χ0) is 11.3. The Morgan fingerprint density at radius 2 is 2.40 bits per heavy atom. The van der Waals surface area contributed by atoms with Gasteiger partial charge in [0.05, 0.1) is 13.4 Å². The van der Waals surface area contributed by atoms with Crippen LogP contribution in [-0.4, -0.2) is 18.2 Å². The number of esters is 1. The summed E-state index contributed by atoms with van der Waals surface area (Å²) >= 11 is 0. The van der Waals surface area contributed by atoms with Crippen molar-refractivity contribution in [1.29, 1.82) is 0 Å². The lowest BCUT2D eigenvalue weighted by molar-refractivity contribution is -0.134. The van der Waals surface area contributed by atoms with Crippen LogP contribution < -0.4 is 0 Å². The first-order chi connectivity index (χ1) is 7.15. The molecule has 0 aromatic carbocycles. The molecule has 1 aromatic heterocycles. The monoisotopic (exact) mass is 210 g/mol. The van der Waals surface area contributed by atoms with Crippen LogP contribution in [-0.2, 0) is 9.53 Å². The van der Waals surface area contributed by atoms with E-state index in [1.165, 1.54) is 19.4 Å². The zero-order valence-corrected chi connectivity index (χ0v) is 8.71. The molecule has 0 aliphatic heterocycles. The minimum atomic E-state index is -0.749. The Morgan fingerprint density at radius 1 is 1.67 bits per heavy atom. The number of aliphatic hydroxyl groups is 1. The number of carbonyl (C=O) groups is 1. The summed E-state index contributed by atoms with van der Waals surface area (Å²) in [7, 11) is 1.31. The van der Waals surface area contributed by atoms with E-state index in [1.807, 2.05) is 0 Å². The average Bonchev–Trinajstić information content (AvgIpc) is 2.77. The topological polar surface area (TPSA) is 59.7 Å². The largest absolute Gasteiger partial charge is 0.467 e. The molecule has 1 rings (SSSR count). The minimum absolute atomic E-state index is 0.213. The second-order valence-electron chi connectivity index (χ2n) is 3.20. The maximum atomic E-state index is 10.8. The zero-order valence-electron chi connectivity index (χ0n) is 8.71. The van der Waals surface area contributed by atoms with Gasteiger partial charge >= 0.3 is 5.97 Å². The van der Waals surface area contributed by atoms with Crippen molar-refractivity contribution in [3.8, 4) is 0 Å². The van der Waals surface area contributed by atoms with E-state index in [0.717, 1.165) is 0 Å². The van der Waals surface area contributed by atoms with Crippen molar-refractivity contribution in [3.63, 3.8) is 0 Å². The molecule has 0 fully saturated rings. The van der Waals surface area contributed by atoms with Crippen LogP contribution in [0.2, 0.25) is 0 Å². The predicted molar refractivity (Wildman–Crippen MR) is 54.0 cm³/mol. The number of methoxy groups -OCH3 is 1. The Kier molecular flexibility index (Phi) is 4.12. The molecule has 4 heteroatoms. The van der Waals surface area contributed by atoms with Gasteiger partial charge in [-0.1, -0.05) is 13.0 Å². The Labute approximate surface area is 88.2 Å². The van der Waals surface area contributed by atoms with Crippen molar-refractivity contribution in [2.75, 3.05) is 7.11 Å². The van der Waals surface area contributed by atoms with Gasteiger partial charge in [0.2, 0.25) is 0 Å². The number of aliphatic hydroxyl groups excluding tert-OH is 1. The summed E-state index contributed by atoms with van der Waals surface area (Å²) in [6.45, 7) is 1.78. The van der Waals surface area contributed by atoms with Crippen molar-refractivity contribution < 1.29 is 19.1 Å². The van der Waals surface area contributed by atoms with Crippen LogP contribution >= 0.6 is 0 Å². The fraction of sp³-hybridized carbons (Fsp3) is 0.364. The maximum absolute atomic E-state index is 10.8. The number of hydrogen-bond donors (Lipinski definition) is 1. The Hall–Kier alpha value is -1.55. The molecule has 0 spiro atoms. The van der Waals surface area contributed by atoms with Crippen molar-refractivity contribution in [1.82, 2.24) is 0 Å². The number of carbonyl (C=O) groups excluding carboxylic acids is 1. The van der Waals surface area contributed by atoms with Gasteiger partial charge in [-0.15, -0.1) is 0 Å². The summed E-state index contributed by atoms with van der Waals surface area (Å²) in [5.74, 6) is -0.166. The molecule has 0 amide bonds. The molecule has 0 radical (unpaired) electrons. The van der Waals surface area contributed by atoms with Crippen molar-refractivity contribution >= 4 is 5.97 Å². The first-order valence-corrected chi connectivity index (χ1v) is 4.62. The molecule has 0 saturated heterocycles. The lowest BCUT2D eigenvalue weighted by atomic mass is 10.0. The predicted octanol–water partition coefficient (Wildman–Crippen LogP) is 1.68. The van der Waals surface area contributed by atoms with Gasteiger partial charge in [-0.25, -0.2) is 4.79 Å². The molecule has 2 unspecified atom stereocenters. The molecule has 0 aliphatic carbocycles. The van der Waals surface area contributed by atoms with Gasteiger partial charge in [0.1, 0.15) is 11.9 Å². The second kappa shape index (κ2) is 5.36. The standard InChI is InChI=1S/C11H14O4/c1-8(5-6-10(12)14-2)11(13)9-4-3-7-15-9/h3-8,11,13H,1-2H3. The van der Waals surface area contributed by atoms with Crippen molar-refractivity contribution in [2.45, 2.75) is 13.0 Å². The summed E-state index contributed by atoms with van der Waals surface area (Å²) in [5, 5.41) is 9.77. The highest BCUT2D eigenvalue weighted by atomic mass is 16.5. The van der Waals surface area contributed by atoms with E-state index in [4.69, 9.17) is 4.42 Å². The first kappa shape index (κ1) is 11.5. The van der Waals surface area contributed by atoms with Crippen molar-refractivity contribution in [2.24, 2.45) is 5.92 Å². The molecular weight excluding hydrogens is 196 g/mol. The van der Waals surface area contributed by atoms with E-state index in [-0.39, 0.29) is 5.92 Å². The molecule has 82 valence electrons. The van der Waals surface area contributed by atoms with Crippen molar-refractivity contribution in [3.05, 3.63) is 36.3 Å². The van der Waals surface area contributed by atoms with Crippen LogP contribution in [0.1, 0.15) is 18.8 Å². The molecule has 15 heavy (non-hydrogen) atoms. The van der Waals surface area contributed by atoms with Gasteiger partial charge in [0.25, 0.3) is 0 Å². The summed E-state index contributed by atoms with van der Waals surface area (Å²) in [6.07, 6.45) is 3.62. The highest BCUT2D eigenvalue weighted by Crippen LogP contribution is 2.22. The Bertz CT molecular complexity index is 326. The van der Waals surface area contributed by atoms with Gasteiger partial charge in [-0.05, 0) is 12.1 Å². The number of ether oxygens (including phenoxy) is 1. The van der Waals surface area contributed by atoms with Gasteiger partial charge in [-0.2, -0.15) is 0 Å². The Morgan fingerprint density at radius 3 is 2.93 bits per heavy atom. The van der Waals surface area contributed by atoms with E-state index in [2.05, 4.69) is 4.74 Å². The highest BCUT2D eigenvalue weighted by Gasteiger charge is 2.16. The molecular formula is C11H14O4. The summed E-state index contributed by atoms with van der Waals surface area (Å²) in [5.41, 5.74) is 0. The molecule has 1 N–H and O–H groups in total. The van der Waals surface area contributed by atoms with Crippen LogP contribution in [0.5, 0.6) is 0 Å². The summed E-state index contributed by atoms with van der Waals surface area (Å²) < 4.78 is 9.49. The molecule has 4 nitrogen and oxygen atoms in total. The third-order valence-electron chi connectivity index (χ3n) is 2.07. The second-order valence-corrected chi connectivity index (χ2v) is 3.20. The minimum Gasteiger partial charge on any atom is -0.467 e. The molecule has 1 aromatic rings. The smallest absolute Gasteiger partial charge is 0.330 e. The number of hydrogen-bond acceptors (Lipinski definition) is 4. The van der Waals surface area contributed by atoms with Crippen LogP contribution in [0.4, 0.5) is 0 Å². The SMILES string of the molecule is COC(=O)C=CC(C)C(O)c1ccco1. The molecule has 0 bridgehead atoms. The third-order valence-corrected chi connectivity index (χ3v) is 2.07. The third kappa shape index (κ3) is 3.25. The van der Waals surface area contributed by atoms with Crippen LogP contribution in [0.15, 0.2) is 35.0 Å². The maximum Gasteiger partial charge on any atom is 0.330 e. The lowest BCUT2D eigenvalue weighted by Crippen LogP contribution is -2.06. The van der Waals surface area contributed by atoms with E-state index >= 15 is 0 Å². The first-order valence-electron chi connectivity index (χ1n) is 4.62. The van der Waals surface area contributed by atoms with E-state index in [9.17, 15) is 9.90 Å². The fourth-order valence-corrected chi connectivity index (χ4v) is 1.12.